The van der Waals surface area contributed by atoms with Crippen LogP contribution in [0.5, 0.6) is 11.5 Å². The van der Waals surface area contributed by atoms with E-state index >= 15 is 0 Å². The molecule has 0 radical (unpaired) electrons. The second-order valence-corrected chi connectivity index (χ2v) is 7.52. The minimum Gasteiger partial charge on any atom is -0.493 e. The molecule has 0 saturated heterocycles. The summed E-state index contributed by atoms with van der Waals surface area (Å²) < 4.78 is 30.2. The maximum Gasteiger partial charge on any atom is 0.261 e. The summed E-state index contributed by atoms with van der Waals surface area (Å²) in [5, 5.41) is 1.43. The lowest BCUT2D eigenvalue weighted by Crippen LogP contribution is -2.20. The van der Waals surface area contributed by atoms with Crippen molar-refractivity contribution >= 4 is 18.0 Å². The van der Waals surface area contributed by atoms with Gasteiger partial charge in [-0.3, -0.25) is 4.57 Å². The molecule has 2 aromatic carbocycles. The van der Waals surface area contributed by atoms with Gasteiger partial charge in [0.15, 0.2) is 11.5 Å². The van der Waals surface area contributed by atoms with Crippen LogP contribution in [0.15, 0.2) is 42.5 Å². The first-order chi connectivity index (χ1) is 10.7. The zero-order valence-corrected chi connectivity index (χ0v) is 13.6. The molecule has 4 nitrogen and oxygen atoms in total. The molecule has 0 saturated carbocycles. The summed E-state index contributed by atoms with van der Waals surface area (Å²) in [5.74, 6) is 1.23. The Morgan fingerprint density at radius 3 is 2.41 bits per heavy atom. The molecule has 1 heterocycles. The zero-order chi connectivity index (χ0) is 15.6. The predicted octanol–water partition coefficient (Wildman–Crippen LogP) is 2.90. The van der Waals surface area contributed by atoms with Gasteiger partial charge in [0.2, 0.25) is 0 Å². The lowest BCUT2D eigenvalue weighted by molar-refractivity contribution is 0.324. The zero-order valence-electron chi connectivity index (χ0n) is 12.7. The molecule has 0 spiro atoms. The molecule has 0 aromatic heterocycles. The van der Waals surface area contributed by atoms with Gasteiger partial charge in [0.05, 0.1) is 20.8 Å². The van der Waals surface area contributed by atoms with Gasteiger partial charge < -0.3 is 14.0 Å². The molecular weight excluding hydrogens is 299 g/mol. The Morgan fingerprint density at radius 1 is 1.05 bits per heavy atom. The van der Waals surface area contributed by atoms with Crippen LogP contribution in [0, 0.1) is 0 Å². The van der Waals surface area contributed by atoms with Crippen molar-refractivity contribution in [3.63, 3.8) is 0 Å². The number of ether oxygens (including phenoxy) is 2. The number of hydrogen-bond donors (Lipinski definition) is 0. The molecule has 0 bridgehead atoms. The van der Waals surface area contributed by atoms with Crippen molar-refractivity contribution in [2.75, 3.05) is 20.8 Å². The summed E-state index contributed by atoms with van der Waals surface area (Å²) >= 11 is 0. The molecule has 1 aliphatic rings. The Morgan fingerprint density at radius 2 is 1.73 bits per heavy atom. The van der Waals surface area contributed by atoms with Crippen LogP contribution in [0.25, 0.3) is 0 Å². The van der Waals surface area contributed by atoms with Crippen molar-refractivity contribution in [2.24, 2.45) is 0 Å². The monoisotopic (exact) mass is 318 g/mol. The topological polar surface area (TPSA) is 44.8 Å². The van der Waals surface area contributed by atoms with Gasteiger partial charge in [0.1, 0.15) is 0 Å². The molecule has 1 aliphatic heterocycles. The number of benzene rings is 2. The highest BCUT2D eigenvalue weighted by Crippen LogP contribution is 2.49. The standard InChI is InChI=1S/C17H19O4P/c1-19-15-11-13-7-6-10-21-22(18,14-8-4-3-5-9-14)17(13)12-16(15)20-2/h3-5,8-9,11-12H,6-7,10H2,1-2H3/t22-/m1/s1. The highest BCUT2D eigenvalue weighted by Gasteiger charge is 2.34. The largest absolute Gasteiger partial charge is 0.493 e. The molecule has 0 aliphatic carbocycles. The van der Waals surface area contributed by atoms with Gasteiger partial charge >= 0.3 is 0 Å². The Balaban J connectivity index is 2.22. The molecule has 0 N–H and O–H groups in total. The van der Waals surface area contributed by atoms with E-state index in [-0.39, 0.29) is 0 Å². The van der Waals surface area contributed by atoms with Crippen LogP contribution < -0.4 is 20.1 Å². The van der Waals surface area contributed by atoms with Crippen molar-refractivity contribution in [1.29, 1.82) is 0 Å². The fourth-order valence-corrected chi connectivity index (χ4v) is 5.11. The lowest BCUT2D eigenvalue weighted by atomic mass is 10.1. The van der Waals surface area contributed by atoms with Crippen molar-refractivity contribution in [2.45, 2.75) is 12.8 Å². The molecule has 0 fully saturated rings. The van der Waals surface area contributed by atoms with Gasteiger partial charge in [-0.1, -0.05) is 18.2 Å². The van der Waals surface area contributed by atoms with Crippen LogP contribution in [0.2, 0.25) is 0 Å². The van der Waals surface area contributed by atoms with Crippen molar-refractivity contribution in [3.05, 3.63) is 48.0 Å². The van der Waals surface area contributed by atoms with E-state index < -0.39 is 7.37 Å². The summed E-state index contributed by atoms with van der Waals surface area (Å²) in [4.78, 5) is 0. The van der Waals surface area contributed by atoms with E-state index in [1.807, 2.05) is 36.4 Å². The first-order valence-corrected chi connectivity index (χ1v) is 8.87. The summed E-state index contributed by atoms with van der Waals surface area (Å²) in [6.07, 6.45) is 1.64. The minimum absolute atomic E-state index is 0.478. The van der Waals surface area contributed by atoms with Gasteiger partial charge in [-0.15, -0.1) is 0 Å². The average molecular weight is 318 g/mol. The maximum atomic E-state index is 13.6. The number of aryl methyl sites for hydroxylation is 1. The summed E-state index contributed by atoms with van der Waals surface area (Å²) in [6.45, 7) is 0.478. The van der Waals surface area contributed by atoms with Gasteiger partial charge in [0, 0.05) is 10.6 Å². The third-order valence-electron chi connectivity index (χ3n) is 3.86. The van der Waals surface area contributed by atoms with E-state index in [4.69, 9.17) is 14.0 Å². The molecule has 2 aromatic rings. The Labute approximate surface area is 130 Å². The van der Waals surface area contributed by atoms with E-state index in [1.165, 1.54) is 0 Å². The third kappa shape index (κ3) is 2.53. The van der Waals surface area contributed by atoms with Crippen LogP contribution in [0.4, 0.5) is 0 Å². The second-order valence-electron chi connectivity index (χ2n) is 5.16. The number of rotatable bonds is 3. The van der Waals surface area contributed by atoms with Crippen molar-refractivity contribution in [3.8, 4) is 11.5 Å². The normalized spacial score (nSPS) is 20.8. The maximum absolute atomic E-state index is 13.6. The van der Waals surface area contributed by atoms with Crippen LogP contribution in [-0.4, -0.2) is 20.8 Å². The third-order valence-corrected chi connectivity index (χ3v) is 6.44. The minimum atomic E-state index is -3.11. The number of hydrogen-bond acceptors (Lipinski definition) is 4. The van der Waals surface area contributed by atoms with Gasteiger partial charge in [-0.05, 0) is 42.7 Å². The van der Waals surface area contributed by atoms with Crippen LogP contribution in [0.3, 0.4) is 0 Å². The van der Waals surface area contributed by atoms with Gasteiger partial charge in [-0.2, -0.15) is 0 Å². The fourth-order valence-electron chi connectivity index (χ4n) is 2.75. The highest BCUT2D eigenvalue weighted by molar-refractivity contribution is 7.74. The van der Waals surface area contributed by atoms with E-state index in [1.54, 1.807) is 20.3 Å². The van der Waals surface area contributed by atoms with E-state index in [0.717, 1.165) is 18.4 Å². The first-order valence-electron chi connectivity index (χ1n) is 7.24. The molecule has 0 amide bonds. The van der Waals surface area contributed by atoms with Gasteiger partial charge in [-0.25, -0.2) is 0 Å². The van der Waals surface area contributed by atoms with E-state index in [9.17, 15) is 4.57 Å². The SMILES string of the molecule is COc1cc2c(cc1OC)[P@@](=O)(c1ccccc1)OCCC2. The summed E-state index contributed by atoms with van der Waals surface area (Å²) in [5.41, 5.74) is 1.00. The summed E-state index contributed by atoms with van der Waals surface area (Å²) in [6, 6.07) is 13.1. The number of methoxy groups -OCH3 is 2. The van der Waals surface area contributed by atoms with Crippen LogP contribution in [0.1, 0.15) is 12.0 Å². The highest BCUT2D eigenvalue weighted by atomic mass is 31.2. The fraction of sp³-hybridized carbons (Fsp3) is 0.294. The quantitative estimate of drug-likeness (QED) is 0.816. The Kier molecular flexibility index (Phi) is 4.23. The smallest absolute Gasteiger partial charge is 0.261 e. The summed E-state index contributed by atoms with van der Waals surface area (Å²) in [7, 11) is 0.0788. The molecular formula is C17H19O4P. The Bertz CT molecular complexity index is 712. The number of fused-ring (bicyclic) bond motifs is 1. The molecule has 5 heteroatoms. The molecule has 0 unspecified atom stereocenters. The average Bonchev–Trinajstić information content (AvgIpc) is 2.74. The second kappa shape index (κ2) is 6.15. The van der Waals surface area contributed by atoms with Crippen LogP contribution in [-0.2, 0) is 15.5 Å². The van der Waals surface area contributed by atoms with E-state index in [2.05, 4.69) is 0 Å². The first kappa shape index (κ1) is 15.1. The molecule has 116 valence electrons. The predicted molar refractivity (Wildman–Crippen MR) is 87.1 cm³/mol. The Hall–Kier alpha value is -1.77. The molecule has 22 heavy (non-hydrogen) atoms. The van der Waals surface area contributed by atoms with Crippen molar-refractivity contribution in [1.82, 2.24) is 0 Å². The van der Waals surface area contributed by atoms with Crippen molar-refractivity contribution < 1.29 is 18.6 Å². The van der Waals surface area contributed by atoms with Gasteiger partial charge in [0.25, 0.3) is 7.37 Å². The molecule has 1 atom stereocenters. The van der Waals surface area contributed by atoms with E-state index in [0.29, 0.717) is 28.7 Å². The lowest BCUT2D eigenvalue weighted by Gasteiger charge is -2.20. The molecule has 3 rings (SSSR count). The van der Waals surface area contributed by atoms with Crippen LogP contribution >= 0.6 is 7.37 Å².